The molecule has 2 atom stereocenters. The summed E-state index contributed by atoms with van der Waals surface area (Å²) in [4.78, 5) is 10.1. The van der Waals surface area contributed by atoms with Crippen molar-refractivity contribution in [3.8, 4) is 11.8 Å². The van der Waals surface area contributed by atoms with Gasteiger partial charge in [0.25, 0.3) is 0 Å². The topological polar surface area (TPSA) is 46.5 Å². The van der Waals surface area contributed by atoms with Gasteiger partial charge in [0, 0.05) is 11.8 Å². The van der Waals surface area contributed by atoms with Crippen molar-refractivity contribution in [2.45, 2.75) is 31.5 Å². The fraction of sp³-hybridized carbons (Fsp3) is 0.667. The van der Waals surface area contributed by atoms with Crippen LogP contribution in [0.4, 0.5) is 0 Å². The van der Waals surface area contributed by atoms with Crippen molar-refractivity contribution in [1.82, 2.24) is 0 Å². The molecule has 2 saturated heterocycles. The molecule has 1 saturated carbocycles. The summed E-state index contributed by atoms with van der Waals surface area (Å²) >= 11 is 0. The highest BCUT2D eigenvalue weighted by Crippen LogP contribution is 2.37. The first-order valence-electron chi connectivity index (χ1n) is 4.14. The van der Waals surface area contributed by atoms with E-state index < -0.39 is 5.97 Å². The van der Waals surface area contributed by atoms with Crippen LogP contribution in [-0.2, 0) is 9.53 Å². The third-order valence-electron chi connectivity index (χ3n) is 2.39. The van der Waals surface area contributed by atoms with E-state index in [1.54, 1.807) is 0 Å². The van der Waals surface area contributed by atoms with E-state index in [0.29, 0.717) is 12.2 Å². The van der Waals surface area contributed by atoms with Gasteiger partial charge in [-0.3, -0.25) is 0 Å². The van der Waals surface area contributed by atoms with E-state index in [0.717, 1.165) is 19.3 Å². The van der Waals surface area contributed by atoms with Crippen LogP contribution in [0.1, 0.15) is 19.3 Å². The SMILES string of the molecule is O=C(O)C#CC1CC2CC(C1)O2. The van der Waals surface area contributed by atoms with Crippen LogP contribution in [0.5, 0.6) is 0 Å². The van der Waals surface area contributed by atoms with Gasteiger partial charge in [-0.25, -0.2) is 4.79 Å². The summed E-state index contributed by atoms with van der Waals surface area (Å²) in [5, 5.41) is 8.32. The summed E-state index contributed by atoms with van der Waals surface area (Å²) in [5.74, 6) is 4.14. The zero-order valence-electron chi connectivity index (χ0n) is 6.62. The average Bonchev–Trinajstić information content (AvgIpc) is 2.00. The smallest absolute Gasteiger partial charge is 0.381 e. The van der Waals surface area contributed by atoms with Crippen molar-refractivity contribution in [1.29, 1.82) is 0 Å². The fourth-order valence-corrected chi connectivity index (χ4v) is 1.87. The Hall–Kier alpha value is -1.01. The van der Waals surface area contributed by atoms with E-state index in [9.17, 15) is 4.79 Å². The lowest BCUT2D eigenvalue weighted by Gasteiger charge is -2.43. The summed E-state index contributed by atoms with van der Waals surface area (Å²) in [6.45, 7) is 0. The molecule has 0 aromatic rings. The number of carbonyl (C=O) groups is 1. The van der Waals surface area contributed by atoms with Gasteiger partial charge in [-0.1, -0.05) is 5.92 Å². The standard InChI is InChI=1S/C9H10O3/c10-9(11)2-1-6-3-7-5-8(4-6)12-7/h6-8H,3-5H2,(H,10,11). The van der Waals surface area contributed by atoms with E-state index >= 15 is 0 Å². The van der Waals surface area contributed by atoms with Crippen LogP contribution < -0.4 is 0 Å². The predicted octanol–water partition coefficient (Wildman–Crippen LogP) is 0.642. The van der Waals surface area contributed by atoms with E-state index in [1.807, 2.05) is 0 Å². The van der Waals surface area contributed by atoms with Crippen LogP contribution in [0.3, 0.4) is 0 Å². The van der Waals surface area contributed by atoms with Crippen LogP contribution in [0.15, 0.2) is 0 Å². The first kappa shape index (κ1) is 7.63. The molecule has 0 aromatic heterocycles. The summed E-state index contributed by atoms with van der Waals surface area (Å²) < 4.78 is 5.40. The lowest BCUT2D eigenvalue weighted by Crippen LogP contribution is -2.44. The monoisotopic (exact) mass is 166 g/mol. The van der Waals surface area contributed by atoms with Crippen LogP contribution in [0.25, 0.3) is 0 Å². The van der Waals surface area contributed by atoms with Crippen molar-refractivity contribution in [3.05, 3.63) is 0 Å². The number of rotatable bonds is 0. The van der Waals surface area contributed by atoms with Crippen molar-refractivity contribution >= 4 is 5.97 Å². The Bertz CT molecular complexity index is 245. The molecular weight excluding hydrogens is 156 g/mol. The largest absolute Gasteiger partial charge is 0.472 e. The van der Waals surface area contributed by atoms with Crippen molar-refractivity contribution in [2.24, 2.45) is 5.92 Å². The zero-order chi connectivity index (χ0) is 8.55. The minimum atomic E-state index is -1.03. The number of hydrogen-bond acceptors (Lipinski definition) is 2. The van der Waals surface area contributed by atoms with Gasteiger partial charge in [-0.05, 0) is 19.3 Å². The number of carboxylic acids is 1. The lowest BCUT2D eigenvalue weighted by molar-refractivity contribution is -0.165. The molecule has 1 aliphatic carbocycles. The second kappa shape index (κ2) is 2.80. The highest BCUT2D eigenvalue weighted by atomic mass is 16.5. The molecule has 2 unspecified atom stereocenters. The predicted molar refractivity (Wildman–Crippen MR) is 41.4 cm³/mol. The second-order valence-corrected chi connectivity index (χ2v) is 3.36. The van der Waals surface area contributed by atoms with Crippen molar-refractivity contribution in [3.63, 3.8) is 0 Å². The molecule has 1 N–H and O–H groups in total. The quantitative estimate of drug-likeness (QED) is 0.537. The minimum Gasteiger partial charge on any atom is -0.472 e. The Labute approximate surface area is 70.7 Å². The Morgan fingerprint density at radius 3 is 2.42 bits per heavy atom. The number of aliphatic carboxylic acids is 1. The molecular formula is C9H10O3. The van der Waals surface area contributed by atoms with Crippen LogP contribution in [-0.4, -0.2) is 23.3 Å². The Morgan fingerprint density at radius 2 is 1.92 bits per heavy atom. The molecule has 2 bridgehead atoms. The summed E-state index contributed by atoms with van der Waals surface area (Å²) in [6.07, 6.45) is 3.69. The van der Waals surface area contributed by atoms with Crippen molar-refractivity contribution < 1.29 is 14.6 Å². The van der Waals surface area contributed by atoms with E-state index in [4.69, 9.17) is 9.84 Å². The lowest BCUT2D eigenvalue weighted by atomic mass is 9.81. The van der Waals surface area contributed by atoms with Gasteiger partial charge in [0.15, 0.2) is 0 Å². The van der Waals surface area contributed by atoms with E-state index in [-0.39, 0.29) is 5.92 Å². The summed E-state index contributed by atoms with van der Waals surface area (Å²) in [6, 6.07) is 0. The number of fused-ring (bicyclic) bond motifs is 2. The molecule has 0 radical (unpaired) electrons. The van der Waals surface area contributed by atoms with Gasteiger partial charge in [-0.15, -0.1) is 0 Å². The third-order valence-corrected chi connectivity index (χ3v) is 2.39. The van der Waals surface area contributed by atoms with Crippen LogP contribution in [0, 0.1) is 17.8 Å². The summed E-state index contributed by atoms with van der Waals surface area (Å²) in [5.41, 5.74) is 0. The van der Waals surface area contributed by atoms with E-state index in [1.165, 1.54) is 0 Å². The Kier molecular flexibility index (Phi) is 1.78. The Balaban J connectivity index is 1.91. The maximum absolute atomic E-state index is 10.1. The molecule has 3 nitrogen and oxygen atoms in total. The third kappa shape index (κ3) is 1.44. The normalized spacial score (nSPS) is 37.5. The average molecular weight is 166 g/mol. The van der Waals surface area contributed by atoms with Gasteiger partial charge in [0.2, 0.25) is 0 Å². The highest BCUT2D eigenvalue weighted by molar-refractivity contribution is 5.86. The zero-order valence-corrected chi connectivity index (χ0v) is 6.62. The molecule has 0 spiro atoms. The molecule has 0 amide bonds. The van der Waals surface area contributed by atoms with Gasteiger partial charge < -0.3 is 9.84 Å². The molecule has 3 heteroatoms. The highest BCUT2D eigenvalue weighted by Gasteiger charge is 2.38. The molecule has 2 heterocycles. The first-order chi connectivity index (χ1) is 5.74. The minimum absolute atomic E-state index is 0.249. The molecule has 3 fully saturated rings. The number of carboxylic acid groups (broad SMARTS) is 1. The number of hydrogen-bond donors (Lipinski definition) is 1. The molecule has 12 heavy (non-hydrogen) atoms. The number of ether oxygens (including phenoxy) is 1. The van der Waals surface area contributed by atoms with Gasteiger partial charge in [-0.2, -0.15) is 0 Å². The fourth-order valence-electron chi connectivity index (χ4n) is 1.87. The molecule has 2 aliphatic heterocycles. The molecule has 0 aromatic carbocycles. The Morgan fingerprint density at radius 1 is 1.33 bits per heavy atom. The molecule has 64 valence electrons. The molecule has 3 aliphatic rings. The summed E-state index contributed by atoms with van der Waals surface area (Å²) in [7, 11) is 0. The van der Waals surface area contributed by atoms with Crippen LogP contribution >= 0.6 is 0 Å². The maximum Gasteiger partial charge on any atom is 0.381 e. The molecule has 3 rings (SSSR count). The maximum atomic E-state index is 10.1. The first-order valence-corrected chi connectivity index (χ1v) is 4.14. The van der Waals surface area contributed by atoms with Gasteiger partial charge in [0.05, 0.1) is 12.2 Å². The van der Waals surface area contributed by atoms with Gasteiger partial charge in [0.1, 0.15) is 0 Å². The van der Waals surface area contributed by atoms with Crippen molar-refractivity contribution in [2.75, 3.05) is 0 Å². The second-order valence-electron chi connectivity index (χ2n) is 3.36. The van der Waals surface area contributed by atoms with Gasteiger partial charge >= 0.3 is 5.97 Å². The van der Waals surface area contributed by atoms with Crippen LogP contribution in [0.2, 0.25) is 0 Å². The van der Waals surface area contributed by atoms with E-state index in [2.05, 4.69) is 11.8 Å².